The maximum Gasteiger partial charge on any atom is 0.338 e. The summed E-state index contributed by atoms with van der Waals surface area (Å²) in [6, 6.07) is 8.18. The molecule has 1 spiro atoms. The largest absolute Gasteiger partial charge is 0.455 e. The second kappa shape index (κ2) is 10.9. The summed E-state index contributed by atoms with van der Waals surface area (Å²) in [7, 11) is 6.27. The van der Waals surface area contributed by atoms with Gasteiger partial charge in [0.25, 0.3) is 0 Å². The number of carbonyl (C=O) groups excluding carboxylic acids is 2. The van der Waals surface area contributed by atoms with E-state index in [0.29, 0.717) is 25.1 Å². The molecule has 1 heterocycles. The summed E-state index contributed by atoms with van der Waals surface area (Å²) in [6.07, 6.45) is -5.49. The maximum absolute atomic E-state index is 13.8. The number of ether oxygens (including phenoxy) is 6. The number of methoxy groups -OCH3 is 4. The van der Waals surface area contributed by atoms with Crippen molar-refractivity contribution in [1.29, 1.82) is 0 Å². The van der Waals surface area contributed by atoms with Gasteiger partial charge in [-0.1, -0.05) is 25.1 Å². The van der Waals surface area contributed by atoms with E-state index in [0.717, 1.165) is 0 Å². The number of carbonyl (C=O) groups is 2. The molecule has 1 aromatic carbocycles. The van der Waals surface area contributed by atoms with Crippen LogP contribution in [0.25, 0.3) is 0 Å². The van der Waals surface area contributed by atoms with Crippen molar-refractivity contribution >= 4 is 11.9 Å². The molecular formula is C34H47NO11. The fourth-order valence-corrected chi connectivity index (χ4v) is 12.3. The zero-order valence-electron chi connectivity index (χ0n) is 27.3. The van der Waals surface area contributed by atoms with Gasteiger partial charge in [0.05, 0.1) is 30.5 Å². The van der Waals surface area contributed by atoms with Crippen LogP contribution in [0.1, 0.15) is 37.0 Å². The van der Waals surface area contributed by atoms with Gasteiger partial charge in [-0.15, -0.1) is 0 Å². The summed E-state index contributed by atoms with van der Waals surface area (Å²) >= 11 is 0. The number of rotatable bonds is 9. The van der Waals surface area contributed by atoms with E-state index in [1.54, 1.807) is 51.7 Å². The zero-order valence-corrected chi connectivity index (χ0v) is 27.3. The van der Waals surface area contributed by atoms with E-state index >= 15 is 0 Å². The Labute approximate surface area is 269 Å². The monoisotopic (exact) mass is 645 g/mol. The third-order valence-electron chi connectivity index (χ3n) is 13.2. The summed E-state index contributed by atoms with van der Waals surface area (Å²) in [5, 5.41) is 37.3. The highest BCUT2D eigenvalue weighted by Crippen LogP contribution is 2.80. The van der Waals surface area contributed by atoms with Crippen LogP contribution in [-0.4, -0.2) is 134 Å². The second-order valence-corrected chi connectivity index (χ2v) is 14.4. The Kier molecular flexibility index (Phi) is 7.69. The van der Waals surface area contributed by atoms with Gasteiger partial charge in [-0.05, 0) is 31.0 Å². The summed E-state index contributed by atoms with van der Waals surface area (Å²) < 4.78 is 37.4. The molecular weight excluding hydrogens is 598 g/mol. The van der Waals surface area contributed by atoms with Crippen LogP contribution in [0.3, 0.4) is 0 Å². The Morgan fingerprint density at radius 2 is 1.72 bits per heavy atom. The maximum atomic E-state index is 13.8. The fourth-order valence-electron chi connectivity index (χ4n) is 12.3. The number of esters is 2. The van der Waals surface area contributed by atoms with Crippen LogP contribution >= 0.6 is 0 Å². The van der Waals surface area contributed by atoms with Crippen LogP contribution in [0.2, 0.25) is 0 Å². The second-order valence-electron chi connectivity index (χ2n) is 14.4. The number of nitrogens with zero attached hydrogens (tertiary/aromatic N) is 1. The molecule has 0 aromatic heterocycles. The van der Waals surface area contributed by atoms with Gasteiger partial charge < -0.3 is 43.7 Å². The standard InChI is InChI=1S/C34H47NO11/c1-7-35-15-31(16-41-3)20(37)13-21(42-4)33-19-14-32(40)28(45-30(39)18-11-9-8-10-12-18)22(19)34(46-17(2)36,27(38)29(32)44-6)23(26(33)35)24(43-5)25(31)33/h8-12,19-29,37-38,40H,7,13-16H2,1-6H3/t19-,20+,21-,22+,23-,24+,25+,26-,27-,28+,29+,31-,32+,33-,34+/m0/s1. The Morgan fingerprint density at radius 1 is 1.00 bits per heavy atom. The molecule has 3 N–H and O–H groups in total. The van der Waals surface area contributed by atoms with Gasteiger partial charge in [-0.2, -0.15) is 0 Å². The Hall–Kier alpha value is -2.16. The third kappa shape index (κ3) is 3.62. The molecule has 1 aromatic rings. The van der Waals surface area contributed by atoms with Crippen molar-refractivity contribution in [3.8, 4) is 0 Å². The first-order valence-corrected chi connectivity index (χ1v) is 16.3. The lowest BCUT2D eigenvalue weighted by atomic mass is 9.42. The first kappa shape index (κ1) is 32.4. The minimum atomic E-state index is -1.83. The Balaban J connectivity index is 1.53. The molecule has 5 saturated carbocycles. The lowest BCUT2D eigenvalue weighted by molar-refractivity contribution is -0.322. The van der Waals surface area contributed by atoms with E-state index in [2.05, 4.69) is 4.90 Å². The van der Waals surface area contributed by atoms with Crippen molar-refractivity contribution in [3.63, 3.8) is 0 Å². The van der Waals surface area contributed by atoms with E-state index < -0.39 is 88.3 Å². The number of hydrogen-bond donors (Lipinski definition) is 3. The van der Waals surface area contributed by atoms with E-state index in [1.807, 2.05) is 6.92 Å². The molecule has 254 valence electrons. The van der Waals surface area contributed by atoms with Crippen LogP contribution in [0, 0.1) is 34.5 Å². The summed E-state index contributed by atoms with van der Waals surface area (Å²) in [4.78, 5) is 29.3. The minimum Gasteiger partial charge on any atom is -0.455 e. The lowest BCUT2D eigenvalue weighted by Crippen LogP contribution is -2.81. The van der Waals surface area contributed by atoms with Crippen molar-refractivity contribution in [2.75, 3.05) is 48.1 Å². The van der Waals surface area contributed by atoms with Gasteiger partial charge in [0.1, 0.15) is 23.9 Å². The van der Waals surface area contributed by atoms with Crippen molar-refractivity contribution < 1.29 is 53.3 Å². The number of hydrogen-bond acceptors (Lipinski definition) is 12. The quantitative estimate of drug-likeness (QED) is 0.323. The number of aliphatic hydroxyl groups is 3. The molecule has 6 aliphatic rings. The molecule has 0 unspecified atom stereocenters. The Morgan fingerprint density at radius 3 is 2.30 bits per heavy atom. The van der Waals surface area contributed by atoms with E-state index in [9.17, 15) is 24.9 Å². The molecule has 12 nitrogen and oxygen atoms in total. The smallest absolute Gasteiger partial charge is 0.338 e. The highest BCUT2D eigenvalue weighted by molar-refractivity contribution is 5.89. The SMILES string of the molecule is CCN1C[C@]2(COC)[C@H](O)C[C@H](OC)[C@]34[C@@H]1[C@H]([C@@H](OC)[C@H]23)[C@]1(OC(C)=O)[C@H]2[C@@H](OC(=O)c3ccccc3)[C@](O)(C[C@@H]24)[C@H](OC)[C@@H]1O. The van der Waals surface area contributed by atoms with E-state index in [4.69, 9.17) is 28.4 Å². The van der Waals surface area contributed by atoms with Crippen LogP contribution in [0.4, 0.5) is 0 Å². The summed E-state index contributed by atoms with van der Waals surface area (Å²) in [6.45, 7) is 4.68. The zero-order chi connectivity index (χ0) is 33.0. The molecule has 7 rings (SSSR count). The molecule has 1 saturated heterocycles. The van der Waals surface area contributed by atoms with Gasteiger partial charge >= 0.3 is 11.9 Å². The van der Waals surface area contributed by atoms with E-state index in [-0.39, 0.29) is 25.0 Å². The summed E-state index contributed by atoms with van der Waals surface area (Å²) in [5.41, 5.74) is -4.79. The van der Waals surface area contributed by atoms with Crippen LogP contribution in [-0.2, 0) is 33.2 Å². The van der Waals surface area contributed by atoms with Crippen molar-refractivity contribution in [2.24, 2.45) is 34.5 Å². The van der Waals surface area contributed by atoms with Crippen molar-refractivity contribution in [1.82, 2.24) is 4.90 Å². The normalized spacial score (nSPS) is 49.9. The minimum absolute atomic E-state index is 0.0791. The fraction of sp³-hybridized carbons (Fsp3) is 0.765. The number of piperidine rings is 1. The predicted molar refractivity (Wildman–Crippen MR) is 160 cm³/mol. The van der Waals surface area contributed by atoms with Crippen LogP contribution in [0.15, 0.2) is 30.3 Å². The number of likely N-dealkylation sites (tertiary alicyclic amines) is 1. The Bertz CT molecular complexity index is 1360. The van der Waals surface area contributed by atoms with Crippen LogP contribution in [0.5, 0.6) is 0 Å². The first-order valence-electron chi connectivity index (χ1n) is 16.3. The first-order chi connectivity index (χ1) is 22.0. The van der Waals surface area contributed by atoms with Crippen LogP contribution < -0.4 is 0 Å². The van der Waals surface area contributed by atoms with Gasteiger partial charge in [0, 0.05) is 83.0 Å². The number of benzene rings is 1. The average molecular weight is 646 g/mol. The number of aliphatic hydroxyl groups excluding tert-OH is 2. The average Bonchev–Trinajstić information content (AvgIpc) is 3.41. The molecule has 12 heteroatoms. The van der Waals surface area contributed by atoms with Crippen molar-refractivity contribution in [3.05, 3.63) is 35.9 Å². The summed E-state index contributed by atoms with van der Waals surface area (Å²) in [5.74, 6) is -3.65. The topological polar surface area (TPSA) is 153 Å². The molecule has 5 aliphatic carbocycles. The molecule has 7 bridgehead atoms. The van der Waals surface area contributed by atoms with Gasteiger partial charge in [0.2, 0.25) is 0 Å². The number of fused-ring (bicyclic) bond motifs is 2. The van der Waals surface area contributed by atoms with Gasteiger partial charge in [-0.25, -0.2) is 4.79 Å². The van der Waals surface area contributed by atoms with E-state index in [1.165, 1.54) is 14.0 Å². The molecule has 1 aliphatic heterocycles. The highest BCUT2D eigenvalue weighted by Gasteiger charge is 2.92. The lowest BCUT2D eigenvalue weighted by Gasteiger charge is -2.70. The van der Waals surface area contributed by atoms with Gasteiger partial charge in [-0.3, -0.25) is 9.69 Å². The highest BCUT2D eigenvalue weighted by atomic mass is 16.6. The third-order valence-corrected chi connectivity index (χ3v) is 13.2. The predicted octanol–water partition coefficient (Wildman–Crippen LogP) is 0.648. The van der Waals surface area contributed by atoms with Crippen molar-refractivity contribution in [2.45, 2.75) is 80.6 Å². The van der Waals surface area contributed by atoms with Gasteiger partial charge in [0.15, 0.2) is 5.60 Å². The molecule has 6 fully saturated rings. The molecule has 15 atom stereocenters. The molecule has 46 heavy (non-hydrogen) atoms. The molecule has 0 amide bonds. The molecule has 0 radical (unpaired) electrons.